The second-order valence-corrected chi connectivity index (χ2v) is 7.91. The SMILES string of the molecule is O=S(=O)(c1ccc2c(c1)OCCO2)N1CCN(C2CC2)CC1. The van der Waals surface area contributed by atoms with Crippen LogP contribution in [-0.2, 0) is 10.0 Å². The Morgan fingerprint density at radius 2 is 1.64 bits per heavy atom. The van der Waals surface area contributed by atoms with Crippen molar-refractivity contribution >= 4 is 10.0 Å². The number of hydrogen-bond donors (Lipinski definition) is 0. The molecule has 4 rings (SSSR count). The van der Waals surface area contributed by atoms with Crippen LogP contribution >= 0.6 is 0 Å². The minimum absolute atomic E-state index is 0.289. The lowest BCUT2D eigenvalue weighted by atomic mass is 10.3. The molecule has 6 nitrogen and oxygen atoms in total. The minimum Gasteiger partial charge on any atom is -0.486 e. The van der Waals surface area contributed by atoms with Crippen molar-refractivity contribution in [3.05, 3.63) is 18.2 Å². The summed E-state index contributed by atoms with van der Waals surface area (Å²) >= 11 is 0. The molecule has 2 heterocycles. The summed E-state index contributed by atoms with van der Waals surface area (Å²) in [6, 6.07) is 5.56. The third kappa shape index (κ3) is 2.57. The van der Waals surface area contributed by atoms with Gasteiger partial charge in [0.1, 0.15) is 13.2 Å². The number of sulfonamides is 1. The lowest BCUT2D eigenvalue weighted by molar-refractivity contribution is 0.170. The Labute approximate surface area is 130 Å². The maximum absolute atomic E-state index is 12.8. The molecule has 0 spiro atoms. The molecule has 0 unspecified atom stereocenters. The predicted molar refractivity (Wildman–Crippen MR) is 80.8 cm³/mol. The zero-order valence-corrected chi connectivity index (χ0v) is 13.2. The van der Waals surface area contributed by atoms with E-state index in [4.69, 9.17) is 9.47 Å². The van der Waals surface area contributed by atoms with Crippen LogP contribution in [0.15, 0.2) is 23.1 Å². The van der Waals surface area contributed by atoms with E-state index in [9.17, 15) is 8.42 Å². The molecule has 2 fully saturated rings. The van der Waals surface area contributed by atoms with E-state index in [2.05, 4.69) is 4.90 Å². The lowest BCUT2D eigenvalue weighted by Gasteiger charge is -2.34. The number of ether oxygens (including phenoxy) is 2. The van der Waals surface area contributed by atoms with Crippen molar-refractivity contribution in [1.29, 1.82) is 0 Å². The molecule has 0 amide bonds. The van der Waals surface area contributed by atoms with Gasteiger partial charge in [-0.3, -0.25) is 4.90 Å². The molecule has 2 aliphatic heterocycles. The molecular weight excluding hydrogens is 304 g/mol. The smallest absolute Gasteiger partial charge is 0.243 e. The van der Waals surface area contributed by atoms with E-state index in [1.54, 1.807) is 22.5 Å². The standard InChI is InChI=1S/C15H20N2O4S/c18-22(19,17-7-5-16(6-8-17)12-1-2-12)13-3-4-14-15(11-13)21-10-9-20-14/h3-4,11-12H,1-2,5-10H2. The molecular formula is C15H20N2O4S. The van der Waals surface area contributed by atoms with Crippen molar-refractivity contribution in [2.75, 3.05) is 39.4 Å². The van der Waals surface area contributed by atoms with Gasteiger partial charge in [0.2, 0.25) is 10.0 Å². The Kier molecular flexibility index (Phi) is 3.51. The largest absolute Gasteiger partial charge is 0.486 e. The van der Waals surface area contributed by atoms with Crippen LogP contribution in [0.2, 0.25) is 0 Å². The molecule has 0 bridgehead atoms. The number of benzene rings is 1. The predicted octanol–water partition coefficient (Wildman–Crippen LogP) is 0.926. The summed E-state index contributed by atoms with van der Waals surface area (Å²) in [5.41, 5.74) is 0. The van der Waals surface area contributed by atoms with Crippen LogP contribution in [0.5, 0.6) is 11.5 Å². The van der Waals surface area contributed by atoms with Gasteiger partial charge in [0.05, 0.1) is 4.90 Å². The fraction of sp³-hybridized carbons (Fsp3) is 0.600. The topological polar surface area (TPSA) is 59.1 Å². The summed E-state index contributed by atoms with van der Waals surface area (Å²) in [4.78, 5) is 2.69. The third-order valence-electron chi connectivity index (χ3n) is 4.49. The van der Waals surface area contributed by atoms with Crippen LogP contribution in [0.25, 0.3) is 0 Å². The highest BCUT2D eigenvalue weighted by Crippen LogP contribution is 2.34. The lowest BCUT2D eigenvalue weighted by Crippen LogP contribution is -2.49. The van der Waals surface area contributed by atoms with Gasteiger partial charge in [-0.05, 0) is 25.0 Å². The van der Waals surface area contributed by atoms with Crippen LogP contribution in [0.3, 0.4) is 0 Å². The van der Waals surface area contributed by atoms with Crippen LogP contribution < -0.4 is 9.47 Å². The number of hydrogen-bond acceptors (Lipinski definition) is 5. The summed E-state index contributed by atoms with van der Waals surface area (Å²) in [5.74, 6) is 1.13. The second-order valence-electron chi connectivity index (χ2n) is 5.98. The van der Waals surface area contributed by atoms with Crippen LogP contribution in [0.1, 0.15) is 12.8 Å². The van der Waals surface area contributed by atoms with Crippen molar-refractivity contribution in [2.45, 2.75) is 23.8 Å². The first kappa shape index (κ1) is 14.3. The molecule has 22 heavy (non-hydrogen) atoms. The van der Waals surface area contributed by atoms with E-state index in [1.807, 2.05) is 0 Å². The zero-order chi connectivity index (χ0) is 15.2. The summed E-state index contributed by atoms with van der Waals surface area (Å²) in [6.07, 6.45) is 2.52. The van der Waals surface area contributed by atoms with Gasteiger partial charge in [-0.1, -0.05) is 0 Å². The number of rotatable bonds is 3. The number of nitrogens with zero attached hydrogens (tertiary/aromatic N) is 2. The molecule has 120 valence electrons. The highest BCUT2D eigenvalue weighted by atomic mass is 32.2. The normalized spacial score (nSPS) is 23.5. The quantitative estimate of drug-likeness (QED) is 0.828. The first-order valence-electron chi connectivity index (χ1n) is 7.78. The molecule has 1 aromatic carbocycles. The highest BCUT2D eigenvalue weighted by molar-refractivity contribution is 7.89. The average Bonchev–Trinajstić information content (AvgIpc) is 3.39. The maximum Gasteiger partial charge on any atom is 0.243 e. The van der Waals surface area contributed by atoms with E-state index in [-0.39, 0.29) is 4.90 Å². The molecule has 1 aliphatic carbocycles. The Hall–Kier alpha value is -1.31. The van der Waals surface area contributed by atoms with Gasteiger partial charge in [0, 0.05) is 38.3 Å². The van der Waals surface area contributed by atoms with E-state index >= 15 is 0 Å². The molecule has 0 N–H and O–H groups in total. The second kappa shape index (κ2) is 5.40. The average molecular weight is 324 g/mol. The number of fused-ring (bicyclic) bond motifs is 1. The minimum atomic E-state index is -3.45. The Bertz CT molecular complexity index is 664. The molecule has 0 atom stereocenters. The fourth-order valence-electron chi connectivity index (χ4n) is 3.08. The Balaban J connectivity index is 1.53. The summed E-state index contributed by atoms with van der Waals surface area (Å²) in [5, 5.41) is 0. The van der Waals surface area contributed by atoms with Crippen LogP contribution in [0, 0.1) is 0 Å². The molecule has 7 heteroatoms. The van der Waals surface area contributed by atoms with Gasteiger partial charge in [0.25, 0.3) is 0 Å². The van der Waals surface area contributed by atoms with Crippen molar-refractivity contribution in [1.82, 2.24) is 9.21 Å². The first-order valence-corrected chi connectivity index (χ1v) is 9.22. The molecule has 1 aromatic rings. The zero-order valence-electron chi connectivity index (χ0n) is 12.4. The Morgan fingerprint density at radius 3 is 2.32 bits per heavy atom. The van der Waals surface area contributed by atoms with E-state index in [1.165, 1.54) is 12.8 Å². The first-order chi connectivity index (χ1) is 10.6. The molecule has 1 saturated heterocycles. The van der Waals surface area contributed by atoms with Gasteiger partial charge in [-0.25, -0.2) is 8.42 Å². The highest BCUT2D eigenvalue weighted by Gasteiger charge is 2.35. The van der Waals surface area contributed by atoms with Gasteiger partial charge >= 0.3 is 0 Å². The van der Waals surface area contributed by atoms with E-state index < -0.39 is 10.0 Å². The molecule has 0 aromatic heterocycles. The Morgan fingerprint density at radius 1 is 0.955 bits per heavy atom. The van der Waals surface area contributed by atoms with Gasteiger partial charge < -0.3 is 9.47 Å². The fourth-order valence-corrected chi connectivity index (χ4v) is 4.52. The molecule has 0 radical (unpaired) electrons. The van der Waals surface area contributed by atoms with Gasteiger partial charge in [-0.2, -0.15) is 4.31 Å². The van der Waals surface area contributed by atoms with E-state index in [0.29, 0.717) is 43.8 Å². The molecule has 3 aliphatic rings. The van der Waals surface area contributed by atoms with Gasteiger partial charge in [0.15, 0.2) is 11.5 Å². The van der Waals surface area contributed by atoms with Crippen LogP contribution in [0.4, 0.5) is 0 Å². The summed E-state index contributed by atoms with van der Waals surface area (Å²) < 4.78 is 38.1. The maximum atomic E-state index is 12.8. The van der Waals surface area contributed by atoms with Crippen molar-refractivity contribution in [2.24, 2.45) is 0 Å². The summed E-state index contributed by atoms with van der Waals surface area (Å²) in [7, 11) is -3.45. The summed E-state index contributed by atoms with van der Waals surface area (Å²) in [6.45, 7) is 3.74. The van der Waals surface area contributed by atoms with E-state index in [0.717, 1.165) is 13.1 Å². The molecule has 1 saturated carbocycles. The van der Waals surface area contributed by atoms with Crippen LogP contribution in [-0.4, -0.2) is 63.1 Å². The number of piperazine rings is 1. The van der Waals surface area contributed by atoms with Crippen molar-refractivity contribution < 1.29 is 17.9 Å². The third-order valence-corrected chi connectivity index (χ3v) is 6.38. The van der Waals surface area contributed by atoms with Gasteiger partial charge in [-0.15, -0.1) is 0 Å². The monoisotopic (exact) mass is 324 g/mol. The van der Waals surface area contributed by atoms with Crippen molar-refractivity contribution in [3.63, 3.8) is 0 Å². The van der Waals surface area contributed by atoms with Crippen molar-refractivity contribution in [3.8, 4) is 11.5 Å².